The number of anilines is 2. The standard InChI is InChI=1S/C20H26N10O13P2.3Na/c21-19-25-15-13(17(32)27-19)23-5-29(15)11-1-7(31)9(41-11)3-40-45(37,38)43-8-2-12(42-10(8)4-39-44(34,35)36)30-6-24-14-16(30)26-20(22)28-18(14)33;;;/h5-12,31H,1-4H2,(H,37,38)(H2,34,35,36)(H3,21,25,27,32)(H3,22,26,28,33);;;/q;3*+1/p-3/t7-,8-,9+,10+,11+,12+;;;/m0.../s1. The molecule has 4 aromatic heterocycles. The third-order valence-corrected chi connectivity index (χ3v) is 8.42. The summed E-state index contributed by atoms with van der Waals surface area (Å²) in [7, 11) is -10.7. The maximum Gasteiger partial charge on any atom is 1.00 e. The van der Waals surface area contributed by atoms with Crippen LogP contribution in [0.3, 0.4) is 0 Å². The number of nitrogen functional groups attached to an aromatic ring is 2. The molecule has 23 nitrogen and oxygen atoms in total. The first-order valence-corrected chi connectivity index (χ1v) is 15.8. The van der Waals surface area contributed by atoms with Gasteiger partial charge in [0.25, 0.3) is 18.9 Å². The van der Waals surface area contributed by atoms with Crippen LogP contribution in [0.1, 0.15) is 25.3 Å². The van der Waals surface area contributed by atoms with Crippen LogP contribution in [-0.4, -0.2) is 81.8 Å². The van der Waals surface area contributed by atoms with E-state index in [2.05, 4.69) is 34.4 Å². The minimum Gasteiger partial charge on any atom is -0.790 e. The first-order valence-electron chi connectivity index (χ1n) is 12.9. The molecule has 0 aromatic carbocycles. The zero-order valence-electron chi connectivity index (χ0n) is 25.5. The predicted octanol–water partition coefficient (Wildman–Crippen LogP) is -12.9. The van der Waals surface area contributed by atoms with E-state index in [0.717, 1.165) is 6.33 Å². The van der Waals surface area contributed by atoms with E-state index < -0.39 is 76.8 Å². The van der Waals surface area contributed by atoms with Crippen molar-refractivity contribution in [2.45, 2.75) is 49.7 Å². The summed E-state index contributed by atoms with van der Waals surface area (Å²) < 4.78 is 52.4. The van der Waals surface area contributed by atoms with Crippen molar-refractivity contribution in [2.75, 3.05) is 24.7 Å². The molecule has 7 atom stereocenters. The number of nitrogens with two attached hydrogens (primary N) is 2. The Morgan fingerprint density at radius 1 is 0.854 bits per heavy atom. The monoisotopic (exact) mass is 742 g/mol. The maximum absolute atomic E-state index is 12.9. The maximum atomic E-state index is 12.9. The predicted molar refractivity (Wildman–Crippen MR) is 140 cm³/mol. The second kappa shape index (κ2) is 16.4. The second-order valence-electron chi connectivity index (χ2n) is 9.98. The quantitative estimate of drug-likeness (QED) is 0.0743. The van der Waals surface area contributed by atoms with Crippen molar-refractivity contribution in [2.24, 2.45) is 0 Å². The molecule has 28 heteroatoms. The summed E-state index contributed by atoms with van der Waals surface area (Å²) in [5.74, 6) is -0.424. The summed E-state index contributed by atoms with van der Waals surface area (Å²) in [5.41, 5.74) is 9.86. The molecular formula is C20H23N10Na3O13P2. The van der Waals surface area contributed by atoms with Crippen LogP contribution < -0.4 is 126 Å². The van der Waals surface area contributed by atoms with Crippen LogP contribution in [-0.2, 0) is 32.2 Å². The van der Waals surface area contributed by atoms with Crippen LogP contribution in [0.25, 0.3) is 22.3 Å². The summed E-state index contributed by atoms with van der Waals surface area (Å²) in [6.45, 7) is -1.63. The Labute approximate surface area is 334 Å². The third-order valence-electron chi connectivity index (χ3n) is 6.96. The minimum absolute atomic E-state index is 0. The number of aliphatic hydroxyl groups is 1. The van der Waals surface area contributed by atoms with Gasteiger partial charge < -0.3 is 58.9 Å². The Balaban J connectivity index is 0.00000208. The number of aliphatic hydroxyl groups excluding tert-OH is 1. The molecule has 7 N–H and O–H groups in total. The van der Waals surface area contributed by atoms with Gasteiger partial charge in [-0.05, 0) is 0 Å². The molecule has 6 heterocycles. The fraction of sp³-hybridized carbons (Fsp3) is 0.500. The van der Waals surface area contributed by atoms with Crippen molar-refractivity contribution >= 4 is 49.9 Å². The summed E-state index contributed by atoms with van der Waals surface area (Å²) in [6, 6.07) is 0. The summed E-state index contributed by atoms with van der Waals surface area (Å²) in [5, 5.41) is 10.5. The van der Waals surface area contributed by atoms with E-state index in [4.69, 9.17) is 30.0 Å². The Kier molecular flexibility index (Phi) is 14.3. The van der Waals surface area contributed by atoms with Gasteiger partial charge in [0.2, 0.25) is 11.9 Å². The number of hydrogen-bond acceptors (Lipinski definition) is 19. The molecule has 4 aromatic rings. The molecule has 2 saturated heterocycles. The molecule has 2 aliphatic rings. The van der Waals surface area contributed by atoms with E-state index in [9.17, 15) is 38.5 Å². The number of nitrogens with one attached hydrogen (secondary N) is 2. The normalized spacial score (nSPS) is 25.3. The van der Waals surface area contributed by atoms with Gasteiger partial charge in [0.1, 0.15) is 24.7 Å². The van der Waals surface area contributed by atoms with Crippen molar-refractivity contribution in [3.05, 3.63) is 33.4 Å². The number of phosphoric acid groups is 2. The minimum atomic E-state index is -5.50. The third kappa shape index (κ3) is 9.24. The topological polar surface area (TPSA) is 349 Å². The van der Waals surface area contributed by atoms with Crippen molar-refractivity contribution in [1.29, 1.82) is 0 Å². The van der Waals surface area contributed by atoms with E-state index in [1.807, 2.05) is 0 Å². The van der Waals surface area contributed by atoms with Crippen LogP contribution >= 0.6 is 15.6 Å². The van der Waals surface area contributed by atoms with Crippen LogP contribution in [0.2, 0.25) is 0 Å². The number of nitrogens with zero attached hydrogens (tertiary/aromatic N) is 6. The fourth-order valence-corrected chi connectivity index (χ4v) is 6.27. The van der Waals surface area contributed by atoms with Crippen LogP contribution in [0, 0.1) is 0 Å². The van der Waals surface area contributed by atoms with Gasteiger partial charge in [0, 0.05) is 12.8 Å². The van der Waals surface area contributed by atoms with Gasteiger partial charge in [-0.1, -0.05) is 0 Å². The Morgan fingerprint density at radius 2 is 1.33 bits per heavy atom. The number of fused-ring (bicyclic) bond motifs is 2. The Bertz CT molecular complexity index is 1970. The molecule has 244 valence electrons. The molecule has 2 aliphatic heterocycles. The SMILES string of the molecule is Nc1nc2c(ncn2[C@H]2C[C@H](OP(=O)([O-])OC[C@H]3O[C@@H](n4cnc5c(=O)[nH]c(N)nc54)C[C@@H]3O)[C@@H](COP(=O)([O-])[O-])O2)c(=O)[nH]1.[Na+].[Na+].[Na+]. The smallest absolute Gasteiger partial charge is 0.790 e. The number of hydrogen-bond donors (Lipinski definition) is 5. The molecule has 0 aliphatic carbocycles. The molecule has 6 rings (SSSR count). The van der Waals surface area contributed by atoms with E-state index in [0.29, 0.717) is 0 Å². The van der Waals surface area contributed by atoms with Crippen molar-refractivity contribution in [3.63, 3.8) is 0 Å². The zero-order valence-corrected chi connectivity index (χ0v) is 33.3. The number of H-pyrrole nitrogens is 2. The number of rotatable bonds is 10. The van der Waals surface area contributed by atoms with E-state index in [-0.39, 0.29) is 136 Å². The van der Waals surface area contributed by atoms with E-state index in [1.165, 1.54) is 15.5 Å². The number of phosphoric ester groups is 2. The average molecular weight is 742 g/mol. The van der Waals surface area contributed by atoms with Crippen LogP contribution in [0.15, 0.2) is 22.2 Å². The van der Waals surface area contributed by atoms with E-state index in [1.54, 1.807) is 0 Å². The molecule has 0 bridgehead atoms. The van der Waals surface area contributed by atoms with Gasteiger partial charge >= 0.3 is 88.7 Å². The molecule has 0 radical (unpaired) electrons. The van der Waals surface area contributed by atoms with Gasteiger partial charge in [-0.3, -0.25) is 33.3 Å². The summed E-state index contributed by atoms with van der Waals surface area (Å²) in [4.78, 5) is 79.8. The van der Waals surface area contributed by atoms with Gasteiger partial charge in [-0.15, -0.1) is 0 Å². The van der Waals surface area contributed by atoms with E-state index >= 15 is 0 Å². The van der Waals surface area contributed by atoms with Gasteiger partial charge in [0.15, 0.2) is 22.3 Å². The zero-order chi connectivity index (χ0) is 32.3. The van der Waals surface area contributed by atoms with Gasteiger partial charge in [-0.2, -0.15) is 9.97 Å². The molecule has 0 amide bonds. The van der Waals surface area contributed by atoms with Gasteiger partial charge in [-0.25, -0.2) is 9.97 Å². The number of aromatic amines is 2. The summed E-state index contributed by atoms with van der Waals surface area (Å²) in [6.07, 6.45) is -5.30. The van der Waals surface area contributed by atoms with Crippen LogP contribution in [0.4, 0.5) is 11.9 Å². The van der Waals surface area contributed by atoms with Gasteiger partial charge in [0.05, 0.1) is 45.9 Å². The van der Waals surface area contributed by atoms with Crippen molar-refractivity contribution in [1.82, 2.24) is 39.0 Å². The molecule has 1 unspecified atom stereocenters. The number of ether oxygens (including phenoxy) is 2. The number of aromatic nitrogens is 8. The first-order chi connectivity index (χ1) is 21.2. The average Bonchev–Trinajstić information content (AvgIpc) is 3.71. The molecule has 48 heavy (non-hydrogen) atoms. The van der Waals surface area contributed by atoms with Crippen molar-refractivity contribution in [3.8, 4) is 0 Å². The van der Waals surface area contributed by atoms with Crippen LogP contribution in [0.5, 0.6) is 0 Å². The summed E-state index contributed by atoms with van der Waals surface area (Å²) >= 11 is 0. The largest absolute Gasteiger partial charge is 1.00 e. The first kappa shape index (κ1) is 41.8. The fourth-order valence-electron chi connectivity index (χ4n) is 5.00. The molecule has 2 fully saturated rings. The Morgan fingerprint density at radius 3 is 1.85 bits per heavy atom. The number of imidazole rings is 2. The van der Waals surface area contributed by atoms with Crippen molar-refractivity contribution < 1.29 is 141 Å². The second-order valence-corrected chi connectivity index (χ2v) is 12.5. The Hall–Kier alpha value is -0.600. The molecule has 0 spiro atoms. The molecular weight excluding hydrogens is 719 g/mol. The molecule has 0 saturated carbocycles.